The van der Waals surface area contributed by atoms with Crippen molar-refractivity contribution >= 4 is 33.2 Å². The summed E-state index contributed by atoms with van der Waals surface area (Å²) in [6.45, 7) is 1.35. The van der Waals surface area contributed by atoms with Crippen LogP contribution in [0, 0.1) is 0 Å². The van der Waals surface area contributed by atoms with Crippen LogP contribution in [0.1, 0.15) is 12.5 Å². The van der Waals surface area contributed by atoms with Crippen LogP contribution in [0.4, 0.5) is 11.4 Å². The van der Waals surface area contributed by atoms with E-state index in [2.05, 4.69) is 15.4 Å². The van der Waals surface area contributed by atoms with Gasteiger partial charge in [-0.3, -0.25) is 9.59 Å². The van der Waals surface area contributed by atoms with E-state index in [1.807, 2.05) is 6.07 Å². The van der Waals surface area contributed by atoms with Crippen molar-refractivity contribution in [3.05, 3.63) is 72.3 Å². The molecule has 0 aliphatic carbocycles. The Labute approximate surface area is 216 Å². The van der Waals surface area contributed by atoms with Crippen molar-refractivity contribution in [3.63, 3.8) is 0 Å². The number of methoxy groups -OCH3 is 2. The van der Waals surface area contributed by atoms with Gasteiger partial charge in [0.15, 0.2) is 18.1 Å². The minimum atomic E-state index is -3.73. The summed E-state index contributed by atoms with van der Waals surface area (Å²) in [5, 5.41) is 5.32. The van der Waals surface area contributed by atoms with Gasteiger partial charge in [0, 0.05) is 24.8 Å². The van der Waals surface area contributed by atoms with Gasteiger partial charge in [-0.15, -0.1) is 0 Å². The smallest absolute Gasteiger partial charge is 0.262 e. The van der Waals surface area contributed by atoms with Gasteiger partial charge in [0.25, 0.3) is 5.91 Å². The highest BCUT2D eigenvalue weighted by Gasteiger charge is 2.14. The minimum Gasteiger partial charge on any atom is -0.493 e. The SMILES string of the molecule is COc1ccc(CCNS(=O)(=O)c2ccc(OCC(=O)Nc3ccc(NC(C)=O)cc3)cc2)cc1OC. The van der Waals surface area contributed by atoms with Crippen molar-refractivity contribution in [2.24, 2.45) is 0 Å². The molecule has 3 aromatic carbocycles. The Morgan fingerprint density at radius 2 is 1.43 bits per heavy atom. The molecule has 37 heavy (non-hydrogen) atoms. The van der Waals surface area contributed by atoms with Crippen molar-refractivity contribution in [1.29, 1.82) is 0 Å². The summed E-state index contributed by atoms with van der Waals surface area (Å²) in [7, 11) is -0.636. The van der Waals surface area contributed by atoms with E-state index >= 15 is 0 Å². The molecule has 196 valence electrons. The van der Waals surface area contributed by atoms with Crippen molar-refractivity contribution < 1.29 is 32.2 Å². The van der Waals surface area contributed by atoms with E-state index in [4.69, 9.17) is 14.2 Å². The second kappa shape index (κ2) is 12.7. The summed E-state index contributed by atoms with van der Waals surface area (Å²) in [5.41, 5.74) is 2.06. The van der Waals surface area contributed by atoms with Crippen molar-refractivity contribution in [2.75, 3.05) is 38.0 Å². The Morgan fingerprint density at radius 1 is 0.811 bits per heavy atom. The first-order valence-electron chi connectivity index (χ1n) is 11.3. The monoisotopic (exact) mass is 527 g/mol. The number of sulfonamides is 1. The largest absolute Gasteiger partial charge is 0.493 e. The van der Waals surface area contributed by atoms with Gasteiger partial charge < -0.3 is 24.8 Å². The van der Waals surface area contributed by atoms with Crippen LogP contribution in [0.25, 0.3) is 0 Å². The number of anilines is 2. The van der Waals surface area contributed by atoms with Gasteiger partial charge in [-0.25, -0.2) is 13.1 Å². The van der Waals surface area contributed by atoms with Gasteiger partial charge in [-0.2, -0.15) is 0 Å². The Kier molecular flexibility index (Phi) is 9.47. The lowest BCUT2D eigenvalue weighted by molar-refractivity contribution is -0.118. The lowest BCUT2D eigenvalue weighted by atomic mass is 10.1. The predicted octanol–water partition coefficient (Wildman–Crippen LogP) is 3.20. The maximum atomic E-state index is 12.6. The fraction of sp³-hybridized carbons (Fsp3) is 0.231. The number of nitrogens with one attached hydrogen (secondary N) is 3. The predicted molar refractivity (Wildman–Crippen MR) is 140 cm³/mol. The standard InChI is InChI=1S/C26H29N3O7S/c1-18(30)28-20-5-7-21(8-6-20)29-26(31)17-36-22-9-11-23(12-10-22)37(32,33)27-15-14-19-4-13-24(34-2)25(16-19)35-3/h4-13,16,27H,14-15,17H2,1-3H3,(H,28,30)(H,29,31). The van der Waals surface area contributed by atoms with Crippen LogP contribution >= 0.6 is 0 Å². The highest BCUT2D eigenvalue weighted by Crippen LogP contribution is 2.27. The molecule has 0 heterocycles. The third-order valence-electron chi connectivity index (χ3n) is 5.15. The molecule has 0 aromatic heterocycles. The van der Waals surface area contributed by atoms with Gasteiger partial charge in [-0.05, 0) is 72.6 Å². The normalized spacial score (nSPS) is 10.9. The maximum Gasteiger partial charge on any atom is 0.262 e. The second-order valence-electron chi connectivity index (χ2n) is 7.90. The van der Waals surface area contributed by atoms with Crippen molar-refractivity contribution in [2.45, 2.75) is 18.2 Å². The molecule has 0 unspecified atom stereocenters. The fourth-order valence-electron chi connectivity index (χ4n) is 3.35. The fourth-order valence-corrected chi connectivity index (χ4v) is 4.38. The van der Waals surface area contributed by atoms with E-state index in [1.165, 1.54) is 31.2 Å². The third kappa shape index (κ3) is 8.23. The highest BCUT2D eigenvalue weighted by atomic mass is 32.2. The lowest BCUT2D eigenvalue weighted by Crippen LogP contribution is -2.26. The van der Waals surface area contributed by atoms with Gasteiger partial charge in [0.05, 0.1) is 19.1 Å². The van der Waals surface area contributed by atoms with E-state index in [0.717, 1.165) is 5.56 Å². The van der Waals surface area contributed by atoms with Gasteiger partial charge >= 0.3 is 0 Å². The molecule has 3 rings (SSSR count). The average molecular weight is 528 g/mol. The molecule has 3 aromatic rings. The second-order valence-corrected chi connectivity index (χ2v) is 9.67. The van der Waals surface area contributed by atoms with E-state index in [9.17, 15) is 18.0 Å². The zero-order chi connectivity index (χ0) is 26.8. The van der Waals surface area contributed by atoms with Crippen LogP contribution in [0.5, 0.6) is 17.2 Å². The van der Waals surface area contributed by atoms with Gasteiger partial charge in [0.2, 0.25) is 15.9 Å². The molecule has 0 spiro atoms. The van der Waals surface area contributed by atoms with Crippen molar-refractivity contribution in [3.8, 4) is 17.2 Å². The zero-order valence-electron chi connectivity index (χ0n) is 20.7. The van der Waals surface area contributed by atoms with Crippen LogP contribution in [-0.2, 0) is 26.0 Å². The van der Waals surface area contributed by atoms with E-state index in [-0.39, 0.29) is 29.9 Å². The average Bonchev–Trinajstić information content (AvgIpc) is 2.88. The number of hydrogen-bond donors (Lipinski definition) is 3. The Bertz CT molecular complexity index is 1330. The molecular formula is C26H29N3O7S. The topological polar surface area (TPSA) is 132 Å². The molecule has 11 heteroatoms. The van der Waals surface area contributed by atoms with E-state index < -0.39 is 10.0 Å². The quantitative estimate of drug-likeness (QED) is 0.330. The highest BCUT2D eigenvalue weighted by molar-refractivity contribution is 7.89. The molecule has 10 nitrogen and oxygen atoms in total. The van der Waals surface area contributed by atoms with E-state index in [1.54, 1.807) is 50.6 Å². The van der Waals surface area contributed by atoms with Crippen LogP contribution in [-0.4, -0.2) is 47.6 Å². The molecule has 0 fully saturated rings. The summed E-state index contributed by atoms with van der Waals surface area (Å²) in [6, 6.07) is 17.8. The number of benzene rings is 3. The zero-order valence-corrected chi connectivity index (χ0v) is 21.6. The van der Waals surface area contributed by atoms with Crippen LogP contribution in [0.15, 0.2) is 71.6 Å². The summed E-state index contributed by atoms with van der Waals surface area (Å²) in [4.78, 5) is 23.3. The number of rotatable bonds is 12. The van der Waals surface area contributed by atoms with Crippen LogP contribution in [0.2, 0.25) is 0 Å². The number of carbonyl (C=O) groups is 2. The summed E-state index contributed by atoms with van der Waals surface area (Å²) < 4.78 is 43.8. The first kappa shape index (κ1) is 27.5. The number of hydrogen-bond acceptors (Lipinski definition) is 7. The molecule has 0 saturated carbocycles. The Morgan fingerprint density at radius 3 is 2.03 bits per heavy atom. The first-order valence-corrected chi connectivity index (χ1v) is 12.8. The Hall–Kier alpha value is -4.09. The molecule has 0 bridgehead atoms. The molecule has 2 amide bonds. The van der Waals surface area contributed by atoms with E-state index in [0.29, 0.717) is 35.0 Å². The van der Waals surface area contributed by atoms with Crippen LogP contribution < -0.4 is 29.6 Å². The molecule has 0 aliphatic rings. The molecule has 0 saturated heterocycles. The molecule has 0 aliphatic heterocycles. The maximum absolute atomic E-state index is 12.6. The lowest BCUT2D eigenvalue weighted by Gasteiger charge is -2.11. The summed E-state index contributed by atoms with van der Waals surface area (Å²) in [5.74, 6) is 0.951. The first-order chi connectivity index (χ1) is 17.7. The third-order valence-corrected chi connectivity index (χ3v) is 6.62. The molecule has 0 atom stereocenters. The molecular weight excluding hydrogens is 498 g/mol. The minimum absolute atomic E-state index is 0.0795. The van der Waals surface area contributed by atoms with Crippen molar-refractivity contribution in [1.82, 2.24) is 4.72 Å². The summed E-state index contributed by atoms with van der Waals surface area (Å²) in [6.07, 6.45) is 0.464. The molecule has 0 radical (unpaired) electrons. The summed E-state index contributed by atoms with van der Waals surface area (Å²) >= 11 is 0. The van der Waals surface area contributed by atoms with Gasteiger partial charge in [-0.1, -0.05) is 6.07 Å². The number of ether oxygens (including phenoxy) is 3. The van der Waals surface area contributed by atoms with Crippen LogP contribution in [0.3, 0.4) is 0 Å². The van der Waals surface area contributed by atoms with Gasteiger partial charge in [0.1, 0.15) is 5.75 Å². The number of carbonyl (C=O) groups excluding carboxylic acids is 2. The number of amides is 2. The molecule has 3 N–H and O–H groups in total. The Balaban J connectivity index is 1.47.